The van der Waals surface area contributed by atoms with Gasteiger partial charge in [0.25, 0.3) is 0 Å². The summed E-state index contributed by atoms with van der Waals surface area (Å²) in [4.78, 5) is 18.2. The zero-order chi connectivity index (χ0) is 24.1. The van der Waals surface area contributed by atoms with Crippen molar-refractivity contribution in [2.45, 2.75) is 56.2 Å². The summed E-state index contributed by atoms with van der Waals surface area (Å²) in [5.74, 6) is 0.988. The van der Waals surface area contributed by atoms with Crippen LogP contribution in [0.3, 0.4) is 0 Å². The molecule has 1 aliphatic heterocycles. The Kier molecular flexibility index (Phi) is 8.66. The summed E-state index contributed by atoms with van der Waals surface area (Å²) in [5, 5.41) is 11.0. The molecule has 34 heavy (non-hydrogen) atoms. The molecule has 2 fully saturated rings. The van der Waals surface area contributed by atoms with E-state index in [2.05, 4.69) is 21.6 Å². The van der Waals surface area contributed by atoms with Crippen LogP contribution in [-0.4, -0.2) is 58.7 Å². The summed E-state index contributed by atoms with van der Waals surface area (Å²) >= 11 is 2.07. The first-order valence-electron chi connectivity index (χ1n) is 12.4. The predicted octanol–water partition coefficient (Wildman–Crippen LogP) is 4.86. The lowest BCUT2D eigenvalue weighted by Crippen LogP contribution is -2.42. The number of likely N-dealkylation sites (tertiary alicyclic amines) is 1. The molecule has 6 nitrogen and oxygen atoms in total. The maximum atomic E-state index is 14.8. The van der Waals surface area contributed by atoms with Gasteiger partial charge in [0.15, 0.2) is 0 Å². The molecular formula is C26H36FN3O3S. The van der Waals surface area contributed by atoms with Crippen molar-refractivity contribution in [3.8, 4) is 5.75 Å². The van der Waals surface area contributed by atoms with Crippen LogP contribution in [-0.2, 0) is 4.79 Å². The molecule has 0 bridgehead atoms. The molecule has 1 aromatic heterocycles. The second-order valence-electron chi connectivity index (χ2n) is 9.72. The molecule has 2 heterocycles. The molecule has 3 N–H and O–H groups in total. The summed E-state index contributed by atoms with van der Waals surface area (Å²) in [6, 6.07) is 4.91. The largest absolute Gasteiger partial charge is 0.497 e. The molecule has 3 atom stereocenters. The third kappa shape index (κ3) is 6.20. The highest BCUT2D eigenvalue weighted by atomic mass is 32.2. The summed E-state index contributed by atoms with van der Waals surface area (Å²) in [7, 11) is 1.58. The van der Waals surface area contributed by atoms with E-state index < -0.39 is 17.8 Å². The number of ether oxygens (including phenoxy) is 1. The number of carboxylic acids is 1. The van der Waals surface area contributed by atoms with Crippen molar-refractivity contribution in [1.29, 1.82) is 0 Å². The Morgan fingerprint density at radius 1 is 1.35 bits per heavy atom. The summed E-state index contributed by atoms with van der Waals surface area (Å²) in [6.07, 6.45) is 7.81. The van der Waals surface area contributed by atoms with Crippen LogP contribution in [0.2, 0.25) is 0 Å². The number of halogens is 1. The zero-order valence-electron chi connectivity index (χ0n) is 19.9. The number of rotatable bonds is 11. The molecule has 0 radical (unpaired) electrons. The second-order valence-corrected chi connectivity index (χ2v) is 11.1. The van der Waals surface area contributed by atoms with E-state index >= 15 is 0 Å². The monoisotopic (exact) mass is 489 g/mol. The molecular weight excluding hydrogens is 453 g/mol. The van der Waals surface area contributed by atoms with Crippen LogP contribution in [0.5, 0.6) is 5.75 Å². The highest BCUT2D eigenvalue weighted by Crippen LogP contribution is 2.36. The minimum Gasteiger partial charge on any atom is -0.497 e. The number of hydrogen-bond donors (Lipinski definition) is 2. The number of aliphatic carboxylic acids is 1. The second kappa shape index (κ2) is 11.7. The van der Waals surface area contributed by atoms with Crippen molar-refractivity contribution >= 4 is 28.6 Å². The number of fused-ring (bicyclic) bond motifs is 1. The fourth-order valence-electron chi connectivity index (χ4n) is 5.29. The minimum absolute atomic E-state index is 0.103. The van der Waals surface area contributed by atoms with Gasteiger partial charge in [-0.25, -0.2) is 4.39 Å². The number of nitrogens with two attached hydrogens (primary N) is 1. The molecule has 3 unspecified atom stereocenters. The van der Waals surface area contributed by atoms with Crippen LogP contribution in [0, 0.1) is 17.7 Å². The van der Waals surface area contributed by atoms with Crippen molar-refractivity contribution in [3.63, 3.8) is 0 Å². The number of piperidine rings is 1. The molecule has 4 rings (SSSR count). The van der Waals surface area contributed by atoms with Gasteiger partial charge in [-0.15, -0.1) is 0 Å². The Morgan fingerprint density at radius 2 is 2.18 bits per heavy atom. The van der Waals surface area contributed by atoms with E-state index in [0.29, 0.717) is 28.6 Å². The van der Waals surface area contributed by atoms with E-state index in [4.69, 9.17) is 10.5 Å². The van der Waals surface area contributed by atoms with Gasteiger partial charge in [0.05, 0.1) is 18.8 Å². The average molecular weight is 490 g/mol. The number of carboxylic acid groups (broad SMARTS) is 1. The molecule has 8 heteroatoms. The van der Waals surface area contributed by atoms with Crippen LogP contribution >= 0.6 is 11.8 Å². The molecule has 2 aliphatic rings. The Bertz CT molecular complexity index is 987. The quantitative estimate of drug-likeness (QED) is 0.466. The molecule has 186 valence electrons. The van der Waals surface area contributed by atoms with E-state index in [9.17, 15) is 14.3 Å². The van der Waals surface area contributed by atoms with Crippen LogP contribution < -0.4 is 10.5 Å². The van der Waals surface area contributed by atoms with Crippen molar-refractivity contribution in [1.82, 2.24) is 9.88 Å². The number of methoxy groups -OCH3 is 1. The van der Waals surface area contributed by atoms with Gasteiger partial charge < -0.3 is 20.5 Å². The first kappa shape index (κ1) is 25.2. The lowest BCUT2D eigenvalue weighted by molar-refractivity contribution is -0.139. The summed E-state index contributed by atoms with van der Waals surface area (Å²) in [5.41, 5.74) is 7.67. The standard InChI is InChI=1S/C26H36FN3O3S/c1-33-19-6-8-24-21(14-19)26(22(27)15-29-24)23(28)7-5-17-9-10-30(16-18(17)13-25(31)32)11-12-34-20-3-2-4-20/h6,8,14-15,17-18,20,23H,2-5,7,9-13,16,28H2,1H3,(H,31,32). The van der Waals surface area contributed by atoms with Crippen molar-refractivity contribution < 1.29 is 19.0 Å². The van der Waals surface area contributed by atoms with E-state index in [0.717, 1.165) is 43.5 Å². The van der Waals surface area contributed by atoms with E-state index in [1.54, 1.807) is 19.2 Å². The van der Waals surface area contributed by atoms with Gasteiger partial charge in [0.2, 0.25) is 0 Å². The number of hydrogen-bond acceptors (Lipinski definition) is 6. The van der Waals surface area contributed by atoms with Crippen LogP contribution in [0.25, 0.3) is 10.9 Å². The number of thioether (sulfide) groups is 1. The SMILES string of the molecule is COc1ccc2ncc(F)c(C(N)CCC3CCN(CCSC4CCC4)CC3CC(=O)O)c2c1. The fraction of sp³-hybridized carbons (Fsp3) is 0.615. The highest BCUT2D eigenvalue weighted by Gasteiger charge is 2.31. The lowest BCUT2D eigenvalue weighted by atomic mass is 9.79. The van der Waals surface area contributed by atoms with Crippen LogP contribution in [0.1, 0.15) is 56.6 Å². The van der Waals surface area contributed by atoms with Gasteiger partial charge >= 0.3 is 5.97 Å². The number of benzene rings is 1. The lowest BCUT2D eigenvalue weighted by Gasteiger charge is -2.39. The number of aromatic nitrogens is 1. The summed E-state index contributed by atoms with van der Waals surface area (Å²) in [6.45, 7) is 2.84. The van der Waals surface area contributed by atoms with Crippen molar-refractivity contribution in [2.24, 2.45) is 17.6 Å². The molecule has 1 aliphatic carbocycles. The van der Waals surface area contributed by atoms with E-state index in [-0.39, 0.29) is 18.3 Å². The van der Waals surface area contributed by atoms with Gasteiger partial charge in [-0.2, -0.15) is 11.8 Å². The zero-order valence-corrected chi connectivity index (χ0v) is 20.7. The Labute approximate surface area is 205 Å². The average Bonchev–Trinajstić information content (AvgIpc) is 2.79. The van der Waals surface area contributed by atoms with Crippen LogP contribution in [0.15, 0.2) is 24.4 Å². The molecule has 1 saturated heterocycles. The molecule has 1 aromatic carbocycles. The maximum Gasteiger partial charge on any atom is 0.303 e. The van der Waals surface area contributed by atoms with E-state index in [1.165, 1.54) is 25.5 Å². The molecule has 0 amide bonds. The van der Waals surface area contributed by atoms with Gasteiger partial charge in [0, 0.05) is 47.5 Å². The summed E-state index contributed by atoms with van der Waals surface area (Å²) < 4.78 is 20.1. The van der Waals surface area contributed by atoms with Gasteiger partial charge in [0.1, 0.15) is 11.6 Å². The number of nitrogens with zero attached hydrogens (tertiary/aromatic N) is 2. The Hall–Kier alpha value is -1.90. The maximum absolute atomic E-state index is 14.8. The first-order chi connectivity index (χ1) is 16.4. The Morgan fingerprint density at radius 3 is 2.88 bits per heavy atom. The topological polar surface area (TPSA) is 88.7 Å². The fourth-order valence-corrected chi connectivity index (χ4v) is 6.65. The van der Waals surface area contributed by atoms with Crippen molar-refractivity contribution in [3.05, 3.63) is 35.8 Å². The third-order valence-electron chi connectivity index (χ3n) is 7.51. The third-order valence-corrected chi connectivity index (χ3v) is 8.87. The molecule has 1 saturated carbocycles. The van der Waals surface area contributed by atoms with Gasteiger partial charge in [-0.05, 0) is 68.7 Å². The Balaban J connectivity index is 1.38. The number of carbonyl (C=O) groups is 1. The van der Waals surface area contributed by atoms with E-state index in [1.807, 2.05) is 6.07 Å². The van der Waals surface area contributed by atoms with Crippen LogP contribution in [0.4, 0.5) is 4.39 Å². The smallest absolute Gasteiger partial charge is 0.303 e. The molecule has 0 spiro atoms. The number of pyridine rings is 1. The van der Waals surface area contributed by atoms with Crippen molar-refractivity contribution in [2.75, 3.05) is 32.5 Å². The highest BCUT2D eigenvalue weighted by molar-refractivity contribution is 7.99. The predicted molar refractivity (Wildman–Crippen MR) is 135 cm³/mol. The van der Waals surface area contributed by atoms with Gasteiger partial charge in [-0.1, -0.05) is 6.42 Å². The minimum atomic E-state index is -0.747. The normalized spacial score (nSPS) is 22.4. The van der Waals surface area contributed by atoms with Gasteiger partial charge in [-0.3, -0.25) is 9.78 Å². The molecule has 2 aromatic rings. The first-order valence-corrected chi connectivity index (χ1v) is 13.4.